The number of pyridine rings is 1. The molecule has 1 aliphatic rings. The largest absolute Gasteiger partial charge is 0.464 e. The summed E-state index contributed by atoms with van der Waals surface area (Å²) in [6.07, 6.45) is 2.55. The van der Waals surface area contributed by atoms with Crippen LogP contribution in [0.1, 0.15) is 74.2 Å². The Morgan fingerprint density at radius 1 is 1.10 bits per heavy atom. The summed E-state index contributed by atoms with van der Waals surface area (Å²) < 4.78 is 9.67. The van der Waals surface area contributed by atoms with Crippen LogP contribution in [0.2, 0.25) is 0 Å². The number of Topliss-reactive ketones (excluding diaryl/α,β-unsaturated/α-hetero) is 1. The number of methoxy groups -OCH3 is 1. The van der Waals surface area contributed by atoms with Crippen LogP contribution in [0.3, 0.4) is 0 Å². The van der Waals surface area contributed by atoms with Crippen molar-refractivity contribution in [3.05, 3.63) is 29.6 Å². The predicted octanol–water partition coefficient (Wildman–Crippen LogP) is 0.783. The van der Waals surface area contributed by atoms with E-state index in [1.165, 1.54) is 24.3 Å². The number of nitrogens with zero attached hydrogens (tertiary/aromatic N) is 2. The van der Waals surface area contributed by atoms with Gasteiger partial charge in [-0.2, -0.15) is 0 Å². The molecule has 3 amide bonds. The molecular weight excluding hydrogens is 522 g/mol. The number of nitrogens with one attached hydrogen (secondary N) is 3. The second kappa shape index (κ2) is 15.7. The number of ketones is 1. The van der Waals surface area contributed by atoms with Crippen LogP contribution in [0.15, 0.2) is 18.3 Å². The fourth-order valence-electron chi connectivity index (χ4n) is 4.03. The van der Waals surface area contributed by atoms with E-state index in [-0.39, 0.29) is 47.9 Å². The summed E-state index contributed by atoms with van der Waals surface area (Å²) in [6, 6.07) is 0.815. The molecule has 0 spiro atoms. The van der Waals surface area contributed by atoms with E-state index in [1.807, 2.05) is 13.8 Å². The maximum Gasteiger partial charge on any atom is 0.356 e. The number of hydrazine groups is 1. The molecule has 0 aliphatic carbocycles. The third-order valence-electron chi connectivity index (χ3n) is 6.12. The second-order valence-electron chi connectivity index (χ2n) is 10.2. The normalized spacial score (nSPS) is 15.8. The number of esters is 2. The minimum absolute atomic E-state index is 0.0123. The maximum absolute atomic E-state index is 13.2. The Kier molecular flexibility index (Phi) is 12.7. The summed E-state index contributed by atoms with van der Waals surface area (Å²) in [5, 5.41) is 6.68. The number of carbonyl (C=O) groups is 6. The van der Waals surface area contributed by atoms with Crippen LogP contribution in [0.25, 0.3) is 0 Å². The highest BCUT2D eigenvalue weighted by molar-refractivity contribution is 5.96. The number of carbonyl (C=O) groups excluding carboxylic acids is 6. The number of amides is 3. The van der Waals surface area contributed by atoms with Crippen molar-refractivity contribution in [2.45, 2.75) is 65.5 Å². The SMILES string of the molecule is COC(=O)c1ccc(C(=O)OCC(=O)[C@@H](NC(=O)[C@@H]2CCCNN2C(=O)CCNC(=O)CC(C)C)C(C)C)cn1. The van der Waals surface area contributed by atoms with Crippen molar-refractivity contribution in [1.82, 2.24) is 26.1 Å². The van der Waals surface area contributed by atoms with Crippen molar-refractivity contribution >= 4 is 35.4 Å². The fraction of sp³-hybridized carbons (Fsp3) is 0.593. The third-order valence-corrected chi connectivity index (χ3v) is 6.12. The molecule has 13 nitrogen and oxygen atoms in total. The molecule has 13 heteroatoms. The van der Waals surface area contributed by atoms with Gasteiger partial charge in [0.25, 0.3) is 0 Å². The summed E-state index contributed by atoms with van der Waals surface area (Å²) in [5.74, 6) is -3.13. The summed E-state index contributed by atoms with van der Waals surface area (Å²) in [7, 11) is 1.21. The molecule has 0 unspecified atom stereocenters. The Hall–Kier alpha value is -3.87. The number of ether oxygens (including phenoxy) is 2. The lowest BCUT2D eigenvalue weighted by Gasteiger charge is -2.36. The Labute approximate surface area is 233 Å². The highest BCUT2D eigenvalue weighted by atomic mass is 16.5. The summed E-state index contributed by atoms with van der Waals surface area (Å²) in [6.45, 7) is 7.39. The summed E-state index contributed by atoms with van der Waals surface area (Å²) in [5.41, 5.74) is 2.99. The van der Waals surface area contributed by atoms with E-state index < -0.39 is 42.3 Å². The number of aromatic nitrogens is 1. The smallest absolute Gasteiger partial charge is 0.356 e. The number of hydrogen-bond donors (Lipinski definition) is 3. The van der Waals surface area contributed by atoms with Gasteiger partial charge in [-0.15, -0.1) is 0 Å². The lowest BCUT2D eigenvalue weighted by molar-refractivity contribution is -0.147. The van der Waals surface area contributed by atoms with Crippen LogP contribution in [0.4, 0.5) is 0 Å². The molecule has 1 fully saturated rings. The lowest BCUT2D eigenvalue weighted by atomic mass is 9.98. The van der Waals surface area contributed by atoms with Crippen molar-refractivity contribution < 1.29 is 38.2 Å². The monoisotopic (exact) mass is 561 g/mol. The highest BCUT2D eigenvalue weighted by Gasteiger charge is 2.35. The molecule has 2 heterocycles. The molecule has 220 valence electrons. The van der Waals surface area contributed by atoms with Gasteiger partial charge in [0.1, 0.15) is 11.7 Å². The van der Waals surface area contributed by atoms with Gasteiger partial charge in [-0.1, -0.05) is 27.7 Å². The van der Waals surface area contributed by atoms with Gasteiger partial charge in [-0.3, -0.25) is 24.2 Å². The van der Waals surface area contributed by atoms with Crippen LogP contribution in [0.5, 0.6) is 0 Å². The molecule has 40 heavy (non-hydrogen) atoms. The van der Waals surface area contributed by atoms with E-state index in [0.717, 1.165) is 6.20 Å². The molecule has 1 aromatic heterocycles. The predicted molar refractivity (Wildman–Crippen MR) is 143 cm³/mol. The van der Waals surface area contributed by atoms with Crippen molar-refractivity contribution in [1.29, 1.82) is 0 Å². The first-order valence-corrected chi connectivity index (χ1v) is 13.3. The van der Waals surface area contributed by atoms with Crippen molar-refractivity contribution in [2.24, 2.45) is 11.8 Å². The summed E-state index contributed by atoms with van der Waals surface area (Å²) in [4.78, 5) is 78.5. The molecular formula is C27H39N5O8. The molecule has 1 aromatic rings. The summed E-state index contributed by atoms with van der Waals surface area (Å²) >= 11 is 0. The quantitative estimate of drug-likeness (QED) is 0.292. The Bertz CT molecular complexity index is 1070. The topological polar surface area (TPSA) is 173 Å². The van der Waals surface area contributed by atoms with E-state index in [0.29, 0.717) is 25.8 Å². The van der Waals surface area contributed by atoms with E-state index in [1.54, 1.807) is 13.8 Å². The highest BCUT2D eigenvalue weighted by Crippen LogP contribution is 2.14. The van der Waals surface area contributed by atoms with Gasteiger partial charge in [-0.05, 0) is 36.8 Å². The van der Waals surface area contributed by atoms with Gasteiger partial charge in [-0.25, -0.2) is 20.0 Å². The molecule has 0 aromatic carbocycles. The van der Waals surface area contributed by atoms with Crippen LogP contribution >= 0.6 is 0 Å². The molecule has 2 atom stereocenters. The van der Waals surface area contributed by atoms with Gasteiger partial charge < -0.3 is 20.1 Å². The molecule has 3 N–H and O–H groups in total. The molecule has 1 saturated heterocycles. The first-order valence-electron chi connectivity index (χ1n) is 13.3. The molecule has 0 bridgehead atoms. The Morgan fingerprint density at radius 2 is 1.82 bits per heavy atom. The van der Waals surface area contributed by atoms with Crippen LogP contribution in [-0.2, 0) is 28.7 Å². The van der Waals surface area contributed by atoms with E-state index in [2.05, 4.69) is 25.8 Å². The minimum atomic E-state index is -0.964. The van der Waals surface area contributed by atoms with Gasteiger partial charge >= 0.3 is 11.9 Å². The molecule has 2 rings (SSSR count). The first kappa shape index (κ1) is 32.3. The van der Waals surface area contributed by atoms with E-state index in [4.69, 9.17) is 4.74 Å². The van der Waals surface area contributed by atoms with Gasteiger partial charge in [0.15, 0.2) is 12.4 Å². The standard InChI is InChI=1S/C27H39N5O8/c1-16(2)13-22(34)28-12-10-23(35)32-20(7-6-11-30-32)25(36)31-24(17(3)4)21(33)15-40-26(37)18-8-9-19(29-14-18)27(38)39-5/h8-9,14,16-17,20,24,30H,6-7,10-13,15H2,1-5H3,(H,28,34)(H,31,36)/t20-,24-/m0/s1. The van der Waals surface area contributed by atoms with Crippen molar-refractivity contribution in [2.75, 3.05) is 26.8 Å². The van der Waals surface area contributed by atoms with Crippen LogP contribution in [0, 0.1) is 11.8 Å². The van der Waals surface area contributed by atoms with Crippen LogP contribution in [-0.4, -0.2) is 84.3 Å². The average molecular weight is 562 g/mol. The zero-order chi connectivity index (χ0) is 29.8. The van der Waals surface area contributed by atoms with Crippen molar-refractivity contribution in [3.8, 4) is 0 Å². The van der Waals surface area contributed by atoms with Gasteiger partial charge in [0, 0.05) is 32.1 Å². The number of hydrogen-bond acceptors (Lipinski definition) is 10. The molecule has 0 radical (unpaired) electrons. The fourth-order valence-corrected chi connectivity index (χ4v) is 4.03. The van der Waals surface area contributed by atoms with Gasteiger partial charge in [0.05, 0.1) is 18.7 Å². The molecule has 0 saturated carbocycles. The van der Waals surface area contributed by atoms with Gasteiger partial charge in [0.2, 0.25) is 17.7 Å². The minimum Gasteiger partial charge on any atom is -0.464 e. The Morgan fingerprint density at radius 3 is 2.42 bits per heavy atom. The third kappa shape index (κ3) is 9.70. The van der Waals surface area contributed by atoms with E-state index >= 15 is 0 Å². The number of rotatable bonds is 13. The lowest BCUT2D eigenvalue weighted by Crippen LogP contribution is -2.61. The van der Waals surface area contributed by atoms with Crippen LogP contribution < -0.4 is 16.1 Å². The van der Waals surface area contributed by atoms with E-state index in [9.17, 15) is 28.8 Å². The maximum atomic E-state index is 13.2. The average Bonchev–Trinajstić information content (AvgIpc) is 2.93. The molecule has 1 aliphatic heterocycles. The van der Waals surface area contributed by atoms with Crippen molar-refractivity contribution in [3.63, 3.8) is 0 Å². The zero-order valence-electron chi connectivity index (χ0n) is 23.7. The Balaban J connectivity index is 1.95. The second-order valence-corrected chi connectivity index (χ2v) is 10.2. The first-order chi connectivity index (χ1) is 18.9. The zero-order valence-corrected chi connectivity index (χ0v) is 23.7.